The van der Waals surface area contributed by atoms with E-state index in [9.17, 15) is 0 Å². The Morgan fingerprint density at radius 1 is 0.571 bits per heavy atom. The van der Waals surface area contributed by atoms with Crippen molar-refractivity contribution >= 4 is 0 Å². The van der Waals surface area contributed by atoms with Crippen LogP contribution in [0.15, 0.2) is 0 Å². The monoisotopic (exact) mass is 294 g/mol. The van der Waals surface area contributed by atoms with Crippen LogP contribution in [0.5, 0.6) is 0 Å². The summed E-state index contributed by atoms with van der Waals surface area (Å²) in [5, 5.41) is 0. The lowest BCUT2D eigenvalue weighted by Gasteiger charge is -2.39. The molecular formula is C19H34O2. The Morgan fingerprint density at radius 2 is 1.19 bits per heavy atom. The molecule has 0 N–H and O–H groups in total. The summed E-state index contributed by atoms with van der Waals surface area (Å²) in [6.07, 6.45) is 16.3. The molecule has 4 atom stereocenters. The molecule has 0 bridgehead atoms. The van der Waals surface area contributed by atoms with E-state index < -0.39 is 0 Å². The summed E-state index contributed by atoms with van der Waals surface area (Å²) in [5.41, 5.74) is 0. The van der Waals surface area contributed by atoms with Gasteiger partial charge in [-0.25, -0.2) is 0 Å². The number of hydrogen-bond acceptors (Lipinski definition) is 2. The summed E-state index contributed by atoms with van der Waals surface area (Å²) in [5.74, 6) is 2.27. The van der Waals surface area contributed by atoms with Crippen LogP contribution >= 0.6 is 0 Å². The quantitative estimate of drug-likeness (QED) is 0.717. The average Bonchev–Trinajstić information content (AvgIpc) is 2.48. The molecule has 2 saturated heterocycles. The first-order chi connectivity index (χ1) is 10.3. The molecule has 0 radical (unpaired) electrons. The zero-order valence-electron chi connectivity index (χ0n) is 13.9. The second-order valence-corrected chi connectivity index (χ2v) is 7.87. The van der Waals surface area contributed by atoms with Gasteiger partial charge in [0, 0.05) is 12.5 Å². The molecule has 0 aromatic heterocycles. The zero-order chi connectivity index (χ0) is 14.5. The summed E-state index contributed by atoms with van der Waals surface area (Å²) >= 11 is 0. The second kappa shape index (κ2) is 7.97. The molecule has 0 aromatic carbocycles. The normalized spacial score (nSPS) is 40.4. The van der Waals surface area contributed by atoms with Crippen LogP contribution in [0.4, 0.5) is 0 Å². The van der Waals surface area contributed by atoms with Gasteiger partial charge < -0.3 is 9.47 Å². The summed E-state index contributed by atoms with van der Waals surface area (Å²) in [4.78, 5) is 0. The maximum Gasteiger partial charge on any atom is 0.0625 e. The zero-order valence-corrected chi connectivity index (χ0v) is 13.9. The molecule has 0 amide bonds. The van der Waals surface area contributed by atoms with Crippen LogP contribution < -0.4 is 0 Å². The molecule has 2 nitrogen and oxygen atoms in total. The molecule has 122 valence electrons. The molecule has 0 aromatic rings. The Kier molecular flexibility index (Phi) is 5.99. The summed E-state index contributed by atoms with van der Waals surface area (Å²) in [7, 11) is 0. The highest BCUT2D eigenvalue weighted by atomic mass is 16.5. The van der Waals surface area contributed by atoms with E-state index in [-0.39, 0.29) is 0 Å². The molecule has 0 spiro atoms. The molecule has 0 unspecified atom stereocenters. The van der Waals surface area contributed by atoms with Gasteiger partial charge in [0.15, 0.2) is 0 Å². The lowest BCUT2D eigenvalue weighted by Crippen LogP contribution is -2.40. The predicted molar refractivity (Wildman–Crippen MR) is 86.4 cm³/mol. The molecule has 2 heterocycles. The fourth-order valence-electron chi connectivity index (χ4n) is 4.59. The van der Waals surface area contributed by atoms with Gasteiger partial charge in [-0.15, -0.1) is 0 Å². The van der Waals surface area contributed by atoms with Crippen LogP contribution in [0.25, 0.3) is 0 Å². The third-order valence-electron chi connectivity index (χ3n) is 6.09. The van der Waals surface area contributed by atoms with Gasteiger partial charge in [0.25, 0.3) is 0 Å². The van der Waals surface area contributed by atoms with E-state index in [1.54, 1.807) is 0 Å². The maximum atomic E-state index is 6.33. The Balaban J connectivity index is 1.43. The fourth-order valence-corrected chi connectivity index (χ4v) is 4.59. The van der Waals surface area contributed by atoms with Gasteiger partial charge in [0.2, 0.25) is 0 Å². The molecule has 3 aliphatic rings. The van der Waals surface area contributed by atoms with Crippen LogP contribution in [0.1, 0.15) is 77.6 Å². The van der Waals surface area contributed by atoms with Crippen molar-refractivity contribution in [1.82, 2.24) is 0 Å². The van der Waals surface area contributed by atoms with Gasteiger partial charge in [-0.2, -0.15) is 0 Å². The molecule has 3 fully saturated rings. The van der Waals surface area contributed by atoms with Crippen molar-refractivity contribution < 1.29 is 9.47 Å². The van der Waals surface area contributed by atoms with Crippen LogP contribution in [0.3, 0.4) is 0 Å². The highest BCUT2D eigenvalue weighted by Crippen LogP contribution is 2.35. The van der Waals surface area contributed by atoms with E-state index in [1.807, 2.05) is 0 Å². The van der Waals surface area contributed by atoms with E-state index >= 15 is 0 Å². The minimum Gasteiger partial charge on any atom is -0.378 e. The first-order valence-corrected chi connectivity index (χ1v) is 9.56. The summed E-state index contributed by atoms with van der Waals surface area (Å²) in [6.45, 7) is 4.23. The van der Waals surface area contributed by atoms with Gasteiger partial charge in [-0.1, -0.05) is 39.0 Å². The van der Waals surface area contributed by atoms with Crippen molar-refractivity contribution in [3.8, 4) is 0 Å². The van der Waals surface area contributed by atoms with Gasteiger partial charge in [-0.3, -0.25) is 0 Å². The standard InChI is InChI=1S/C19H34O2/c1-15-9-11-19(20-13-15)17-10-12-18(21-14-17)16-7-5-3-2-4-6-8-16/h15-19H,2-14H2,1H3/t15-,17+,18-,19-/m0/s1. The lowest BCUT2D eigenvalue weighted by molar-refractivity contribution is -0.114. The van der Waals surface area contributed by atoms with Gasteiger partial charge >= 0.3 is 0 Å². The van der Waals surface area contributed by atoms with E-state index in [0.29, 0.717) is 18.1 Å². The minimum atomic E-state index is 0.486. The molecule has 2 aliphatic heterocycles. The minimum absolute atomic E-state index is 0.486. The van der Waals surface area contributed by atoms with Crippen LogP contribution in [0.2, 0.25) is 0 Å². The van der Waals surface area contributed by atoms with Crippen molar-refractivity contribution in [1.29, 1.82) is 0 Å². The summed E-state index contributed by atoms with van der Waals surface area (Å²) < 4.78 is 12.4. The average molecular weight is 294 g/mol. The van der Waals surface area contributed by atoms with Crippen LogP contribution in [-0.2, 0) is 9.47 Å². The first-order valence-electron chi connectivity index (χ1n) is 9.56. The van der Waals surface area contributed by atoms with Crippen LogP contribution in [0, 0.1) is 17.8 Å². The highest BCUT2D eigenvalue weighted by Gasteiger charge is 2.33. The molecule has 2 heteroatoms. The third-order valence-corrected chi connectivity index (χ3v) is 6.09. The van der Waals surface area contributed by atoms with Crippen molar-refractivity contribution in [3.63, 3.8) is 0 Å². The molecule has 3 rings (SSSR count). The maximum absolute atomic E-state index is 6.33. The predicted octanol–water partition coefficient (Wildman–Crippen LogP) is 4.96. The Hall–Kier alpha value is -0.0800. The topological polar surface area (TPSA) is 18.5 Å². The highest BCUT2D eigenvalue weighted by molar-refractivity contribution is 4.83. The molecular weight excluding hydrogens is 260 g/mol. The Morgan fingerprint density at radius 3 is 1.81 bits per heavy atom. The van der Waals surface area contributed by atoms with Crippen molar-refractivity contribution in [3.05, 3.63) is 0 Å². The Labute approximate surface area is 131 Å². The smallest absolute Gasteiger partial charge is 0.0625 e. The van der Waals surface area contributed by atoms with E-state index in [1.165, 1.54) is 70.6 Å². The lowest BCUT2D eigenvalue weighted by atomic mass is 9.81. The van der Waals surface area contributed by atoms with Crippen molar-refractivity contribution in [2.45, 2.75) is 89.8 Å². The first kappa shape index (κ1) is 15.8. The van der Waals surface area contributed by atoms with Crippen molar-refractivity contribution in [2.75, 3.05) is 13.2 Å². The van der Waals surface area contributed by atoms with Gasteiger partial charge in [0.1, 0.15) is 0 Å². The fraction of sp³-hybridized carbons (Fsp3) is 1.00. The number of ether oxygens (including phenoxy) is 2. The molecule has 1 saturated carbocycles. The Bertz CT molecular complexity index is 280. The van der Waals surface area contributed by atoms with Gasteiger partial charge in [0.05, 0.1) is 18.8 Å². The SMILES string of the molecule is C[C@H]1CC[C@@H]([C@@H]2CC[C@@H](C3CCCCCCC3)OC2)OC1. The van der Waals surface area contributed by atoms with E-state index in [0.717, 1.165) is 25.0 Å². The van der Waals surface area contributed by atoms with Crippen molar-refractivity contribution in [2.24, 2.45) is 17.8 Å². The van der Waals surface area contributed by atoms with Crippen LogP contribution in [-0.4, -0.2) is 25.4 Å². The largest absolute Gasteiger partial charge is 0.378 e. The van der Waals surface area contributed by atoms with E-state index in [2.05, 4.69) is 6.92 Å². The number of hydrogen-bond donors (Lipinski definition) is 0. The molecule has 1 aliphatic carbocycles. The number of rotatable bonds is 2. The van der Waals surface area contributed by atoms with Gasteiger partial charge in [-0.05, 0) is 50.4 Å². The molecule has 21 heavy (non-hydrogen) atoms. The second-order valence-electron chi connectivity index (χ2n) is 7.87. The summed E-state index contributed by atoms with van der Waals surface area (Å²) in [6, 6.07) is 0. The third kappa shape index (κ3) is 4.45. The van der Waals surface area contributed by atoms with E-state index in [4.69, 9.17) is 9.47 Å².